The minimum absolute atomic E-state index is 0.0555. The first-order chi connectivity index (χ1) is 9.19. The Morgan fingerprint density at radius 3 is 2.89 bits per heavy atom. The molecule has 0 spiro atoms. The number of rotatable bonds is 6. The van der Waals surface area contributed by atoms with E-state index in [2.05, 4.69) is 12.0 Å². The van der Waals surface area contributed by atoms with Crippen LogP contribution < -0.4 is 10.5 Å². The van der Waals surface area contributed by atoms with E-state index in [1.807, 2.05) is 43.6 Å². The molecule has 1 atom stereocenters. The Morgan fingerprint density at radius 1 is 1.37 bits per heavy atom. The molecule has 0 saturated carbocycles. The van der Waals surface area contributed by atoms with Gasteiger partial charge in [0.15, 0.2) is 0 Å². The fourth-order valence-corrected chi connectivity index (χ4v) is 1.97. The average Bonchev–Trinajstić information content (AvgIpc) is 2.82. The predicted octanol–water partition coefficient (Wildman–Crippen LogP) is 2.45. The van der Waals surface area contributed by atoms with Crippen LogP contribution in [0.2, 0.25) is 0 Å². The average molecular weight is 259 g/mol. The molecule has 0 aliphatic heterocycles. The third kappa shape index (κ3) is 3.83. The van der Waals surface area contributed by atoms with Crippen LogP contribution in [0.3, 0.4) is 0 Å². The number of benzene rings is 1. The molecule has 0 radical (unpaired) electrons. The van der Waals surface area contributed by atoms with Crippen LogP contribution in [-0.4, -0.2) is 16.4 Å². The monoisotopic (exact) mass is 259 g/mol. The number of hydrogen-bond donors (Lipinski definition) is 1. The van der Waals surface area contributed by atoms with Crippen molar-refractivity contribution in [1.29, 1.82) is 0 Å². The predicted molar refractivity (Wildman–Crippen MR) is 76.1 cm³/mol. The topological polar surface area (TPSA) is 53.1 Å². The molecule has 1 aromatic heterocycles. The van der Waals surface area contributed by atoms with Crippen molar-refractivity contribution in [2.45, 2.75) is 25.8 Å². The molecule has 2 N–H and O–H groups in total. The van der Waals surface area contributed by atoms with E-state index in [0.717, 1.165) is 36.5 Å². The van der Waals surface area contributed by atoms with Crippen LogP contribution >= 0.6 is 0 Å². The molecule has 0 bridgehead atoms. The van der Waals surface area contributed by atoms with E-state index in [9.17, 15) is 0 Å². The molecule has 2 rings (SSSR count). The van der Waals surface area contributed by atoms with E-state index < -0.39 is 0 Å². The second-order valence-corrected chi connectivity index (χ2v) is 4.71. The zero-order valence-corrected chi connectivity index (χ0v) is 11.5. The van der Waals surface area contributed by atoms with Gasteiger partial charge in [0.2, 0.25) is 0 Å². The fourth-order valence-electron chi connectivity index (χ4n) is 1.97. The van der Waals surface area contributed by atoms with Crippen molar-refractivity contribution in [2.24, 2.45) is 12.8 Å². The standard InChI is InChI=1S/C15H21N3O/c1-3-9-19-14-6-4-5-12(10-14)15(16)11-13-7-8-18(2)17-13/h4-8,10,15H,3,9,11,16H2,1-2H3. The lowest BCUT2D eigenvalue weighted by Gasteiger charge is -2.12. The zero-order chi connectivity index (χ0) is 13.7. The molecule has 1 heterocycles. The maximum absolute atomic E-state index is 6.23. The van der Waals surface area contributed by atoms with Gasteiger partial charge in [-0.3, -0.25) is 4.68 Å². The Labute approximate surface area is 114 Å². The lowest BCUT2D eigenvalue weighted by molar-refractivity contribution is 0.317. The lowest BCUT2D eigenvalue weighted by Crippen LogP contribution is -2.14. The molecular weight excluding hydrogens is 238 g/mol. The summed E-state index contributed by atoms with van der Waals surface area (Å²) >= 11 is 0. The van der Waals surface area contributed by atoms with E-state index in [0.29, 0.717) is 0 Å². The number of aromatic nitrogens is 2. The maximum Gasteiger partial charge on any atom is 0.119 e. The first-order valence-electron chi connectivity index (χ1n) is 6.66. The van der Waals surface area contributed by atoms with Gasteiger partial charge in [0.1, 0.15) is 5.75 Å². The molecule has 1 aromatic carbocycles. The number of ether oxygens (including phenoxy) is 1. The van der Waals surface area contributed by atoms with Crippen LogP contribution in [0.15, 0.2) is 36.5 Å². The van der Waals surface area contributed by atoms with E-state index in [-0.39, 0.29) is 6.04 Å². The molecule has 0 fully saturated rings. The van der Waals surface area contributed by atoms with Gasteiger partial charge in [-0.05, 0) is 30.2 Å². The first-order valence-corrected chi connectivity index (χ1v) is 6.66. The zero-order valence-electron chi connectivity index (χ0n) is 11.5. The summed E-state index contributed by atoms with van der Waals surface area (Å²) in [6.45, 7) is 2.83. The molecule has 0 aliphatic carbocycles. The van der Waals surface area contributed by atoms with Crippen molar-refractivity contribution >= 4 is 0 Å². The Morgan fingerprint density at radius 2 is 2.21 bits per heavy atom. The fraction of sp³-hybridized carbons (Fsp3) is 0.400. The first kappa shape index (κ1) is 13.6. The Bertz CT molecular complexity index is 522. The van der Waals surface area contributed by atoms with Crippen molar-refractivity contribution in [2.75, 3.05) is 6.61 Å². The summed E-state index contributed by atoms with van der Waals surface area (Å²) in [5.74, 6) is 0.885. The second-order valence-electron chi connectivity index (χ2n) is 4.71. The van der Waals surface area contributed by atoms with Crippen molar-refractivity contribution < 1.29 is 4.74 Å². The van der Waals surface area contributed by atoms with Gasteiger partial charge in [-0.25, -0.2) is 0 Å². The van der Waals surface area contributed by atoms with Crippen LogP contribution in [-0.2, 0) is 13.5 Å². The van der Waals surface area contributed by atoms with E-state index in [1.54, 1.807) is 4.68 Å². The normalized spacial score (nSPS) is 12.4. The SMILES string of the molecule is CCCOc1cccc(C(N)Cc2ccn(C)n2)c1. The number of nitrogens with two attached hydrogens (primary N) is 1. The molecule has 1 unspecified atom stereocenters. The Balaban J connectivity index is 2.03. The summed E-state index contributed by atoms with van der Waals surface area (Å²) in [4.78, 5) is 0. The number of aryl methyl sites for hydroxylation is 1. The van der Waals surface area contributed by atoms with Gasteiger partial charge in [0.05, 0.1) is 12.3 Å². The van der Waals surface area contributed by atoms with Gasteiger partial charge in [0.25, 0.3) is 0 Å². The number of nitrogens with zero attached hydrogens (tertiary/aromatic N) is 2. The molecule has 0 saturated heterocycles. The van der Waals surface area contributed by atoms with Crippen LogP contribution in [0, 0.1) is 0 Å². The van der Waals surface area contributed by atoms with Gasteiger partial charge < -0.3 is 10.5 Å². The third-order valence-electron chi connectivity index (χ3n) is 2.96. The lowest BCUT2D eigenvalue weighted by atomic mass is 10.0. The minimum atomic E-state index is -0.0555. The van der Waals surface area contributed by atoms with Gasteiger partial charge >= 0.3 is 0 Å². The molecule has 19 heavy (non-hydrogen) atoms. The Kier molecular flexibility index (Phi) is 4.58. The summed E-state index contributed by atoms with van der Waals surface area (Å²) in [6, 6.07) is 9.94. The summed E-state index contributed by atoms with van der Waals surface area (Å²) in [7, 11) is 1.91. The smallest absolute Gasteiger partial charge is 0.119 e. The highest BCUT2D eigenvalue weighted by Crippen LogP contribution is 2.20. The van der Waals surface area contributed by atoms with Gasteiger partial charge in [-0.1, -0.05) is 19.1 Å². The van der Waals surface area contributed by atoms with E-state index in [4.69, 9.17) is 10.5 Å². The molecule has 102 valence electrons. The molecular formula is C15H21N3O. The quantitative estimate of drug-likeness (QED) is 0.867. The van der Waals surface area contributed by atoms with Crippen LogP contribution in [0.1, 0.15) is 30.6 Å². The van der Waals surface area contributed by atoms with Gasteiger partial charge in [-0.2, -0.15) is 5.10 Å². The van der Waals surface area contributed by atoms with E-state index in [1.165, 1.54) is 0 Å². The summed E-state index contributed by atoms with van der Waals surface area (Å²) in [5.41, 5.74) is 8.32. The van der Waals surface area contributed by atoms with Crippen LogP contribution in [0.25, 0.3) is 0 Å². The van der Waals surface area contributed by atoms with Crippen molar-refractivity contribution in [1.82, 2.24) is 9.78 Å². The summed E-state index contributed by atoms with van der Waals surface area (Å²) in [6.07, 6.45) is 3.67. The summed E-state index contributed by atoms with van der Waals surface area (Å²) < 4.78 is 7.42. The molecule has 4 nitrogen and oxygen atoms in total. The maximum atomic E-state index is 6.23. The molecule has 0 amide bonds. The van der Waals surface area contributed by atoms with Crippen molar-refractivity contribution in [3.63, 3.8) is 0 Å². The highest BCUT2D eigenvalue weighted by atomic mass is 16.5. The third-order valence-corrected chi connectivity index (χ3v) is 2.96. The second kappa shape index (κ2) is 6.38. The van der Waals surface area contributed by atoms with E-state index >= 15 is 0 Å². The minimum Gasteiger partial charge on any atom is -0.494 e. The van der Waals surface area contributed by atoms with Crippen LogP contribution in [0.4, 0.5) is 0 Å². The van der Waals surface area contributed by atoms with Gasteiger partial charge in [-0.15, -0.1) is 0 Å². The van der Waals surface area contributed by atoms with Crippen LogP contribution in [0.5, 0.6) is 5.75 Å². The molecule has 0 aliphatic rings. The van der Waals surface area contributed by atoms with Crippen molar-refractivity contribution in [3.8, 4) is 5.75 Å². The molecule has 4 heteroatoms. The van der Waals surface area contributed by atoms with Crippen molar-refractivity contribution in [3.05, 3.63) is 47.8 Å². The number of hydrogen-bond acceptors (Lipinski definition) is 3. The summed E-state index contributed by atoms with van der Waals surface area (Å²) in [5, 5.41) is 4.35. The van der Waals surface area contributed by atoms with Gasteiger partial charge in [0, 0.05) is 25.7 Å². The highest BCUT2D eigenvalue weighted by Gasteiger charge is 2.09. The highest BCUT2D eigenvalue weighted by molar-refractivity contribution is 5.31. The Hall–Kier alpha value is -1.81. The molecule has 2 aromatic rings. The largest absolute Gasteiger partial charge is 0.494 e.